The van der Waals surface area contributed by atoms with E-state index in [9.17, 15) is 9.90 Å². The van der Waals surface area contributed by atoms with Crippen LogP contribution in [0.3, 0.4) is 0 Å². The molecule has 2 heterocycles. The van der Waals surface area contributed by atoms with Gasteiger partial charge in [0.25, 0.3) is 0 Å². The number of hydrogen-bond acceptors (Lipinski definition) is 6. The van der Waals surface area contributed by atoms with Gasteiger partial charge in [-0.25, -0.2) is 10.2 Å². The molecular weight excluding hydrogens is 371 g/mol. The molecule has 6 N–H and O–H groups in total. The number of allylic oxidation sites excluding steroid dienone is 3. The molecule has 0 aliphatic carbocycles. The summed E-state index contributed by atoms with van der Waals surface area (Å²) in [4.78, 5) is 10.2. The second-order valence-electron chi connectivity index (χ2n) is 4.84. The van der Waals surface area contributed by atoms with E-state index in [2.05, 4.69) is 31.4 Å². The van der Waals surface area contributed by atoms with Crippen LogP contribution < -0.4 is 27.3 Å². The Balaban J connectivity index is 0.000000443. The maximum absolute atomic E-state index is 10.2. The van der Waals surface area contributed by atoms with Crippen molar-refractivity contribution in [3.05, 3.63) is 29.2 Å². The summed E-state index contributed by atoms with van der Waals surface area (Å²) in [6.45, 7) is 1.65. The molecule has 2 aliphatic rings. The fourth-order valence-corrected chi connectivity index (χ4v) is 1.83. The SMILES string of the molecule is N/C([O-])=N/N=CC1=CC=CCN1.NC(=O)NN=CC1CCCC[N-]1.[Ni+2]. The number of hydrogen-bond donors (Lipinski definition) is 4. The third kappa shape index (κ3) is 12.7. The van der Waals surface area contributed by atoms with Crippen LogP contribution >= 0.6 is 0 Å². The number of rotatable bonds is 4. The normalized spacial score (nSPS) is 20.1. The summed E-state index contributed by atoms with van der Waals surface area (Å²) in [6, 6.07) is -1.27. The molecule has 0 bridgehead atoms. The first-order chi connectivity index (χ1) is 11.6. The van der Waals surface area contributed by atoms with Crippen molar-refractivity contribution in [3.63, 3.8) is 0 Å². The summed E-state index contributed by atoms with van der Waals surface area (Å²) in [6.07, 6.45) is 12.1. The summed E-state index contributed by atoms with van der Waals surface area (Å²) in [5, 5.41) is 27.6. The van der Waals surface area contributed by atoms with Gasteiger partial charge in [-0.05, 0) is 6.08 Å². The van der Waals surface area contributed by atoms with Crippen LogP contribution in [0, 0.1) is 0 Å². The number of dihydropyridines is 1. The van der Waals surface area contributed by atoms with E-state index in [1.807, 2.05) is 18.2 Å². The number of carbonyl (C=O) groups is 1. The zero-order valence-corrected chi connectivity index (χ0v) is 14.6. The summed E-state index contributed by atoms with van der Waals surface area (Å²) < 4.78 is 0. The Kier molecular flexibility index (Phi) is 12.7. The number of nitrogens with one attached hydrogen (secondary N) is 2. The molecule has 0 aromatic heterocycles. The first kappa shape index (κ1) is 22.6. The molecule has 2 aliphatic heterocycles. The Morgan fingerprint density at radius 2 is 2.24 bits per heavy atom. The second kappa shape index (κ2) is 14.0. The van der Waals surface area contributed by atoms with E-state index in [1.54, 1.807) is 6.21 Å². The van der Waals surface area contributed by atoms with Crippen LogP contribution in [0.1, 0.15) is 19.3 Å². The summed E-state index contributed by atoms with van der Waals surface area (Å²) in [7, 11) is 0. The van der Waals surface area contributed by atoms with Crippen molar-refractivity contribution < 1.29 is 26.4 Å². The molecule has 2 amide bonds. The minimum atomic E-state index is -0.793. The quantitative estimate of drug-likeness (QED) is 0.214. The van der Waals surface area contributed by atoms with Crippen molar-refractivity contribution in [2.45, 2.75) is 25.3 Å². The van der Waals surface area contributed by atoms with Gasteiger partial charge in [-0.2, -0.15) is 10.2 Å². The van der Waals surface area contributed by atoms with Gasteiger partial charge in [0.05, 0.1) is 17.9 Å². The van der Waals surface area contributed by atoms with Gasteiger partial charge in [0.2, 0.25) is 0 Å². The first-order valence-electron chi connectivity index (χ1n) is 7.47. The molecule has 1 unspecified atom stereocenters. The van der Waals surface area contributed by atoms with Gasteiger partial charge in [0.1, 0.15) is 0 Å². The Morgan fingerprint density at radius 3 is 2.80 bits per heavy atom. The number of nitrogens with two attached hydrogens (primary N) is 2. The number of urea groups is 1. The summed E-state index contributed by atoms with van der Waals surface area (Å²) in [5.74, 6) is 0. The van der Waals surface area contributed by atoms with Gasteiger partial charge >= 0.3 is 22.5 Å². The molecule has 11 heteroatoms. The Morgan fingerprint density at radius 1 is 1.44 bits per heavy atom. The predicted molar refractivity (Wildman–Crippen MR) is 92.4 cm³/mol. The zero-order chi connectivity index (χ0) is 17.6. The third-order valence-electron chi connectivity index (χ3n) is 2.88. The molecule has 1 atom stereocenters. The van der Waals surface area contributed by atoms with Gasteiger partial charge in [-0.15, -0.1) is 11.6 Å². The van der Waals surface area contributed by atoms with Crippen LogP contribution in [0.4, 0.5) is 4.79 Å². The van der Waals surface area contributed by atoms with Crippen LogP contribution in [0.15, 0.2) is 39.2 Å². The Labute approximate surface area is 156 Å². The van der Waals surface area contributed by atoms with Crippen LogP contribution in [0.5, 0.6) is 0 Å². The Bertz CT molecular complexity index is 535. The van der Waals surface area contributed by atoms with E-state index in [0.29, 0.717) is 0 Å². The molecule has 0 aromatic rings. The average Bonchev–Trinajstić information content (AvgIpc) is 2.57. The maximum atomic E-state index is 10.2. The van der Waals surface area contributed by atoms with Gasteiger partial charge in [0, 0.05) is 12.8 Å². The van der Waals surface area contributed by atoms with E-state index in [-0.39, 0.29) is 22.5 Å². The molecule has 140 valence electrons. The monoisotopic (exact) mass is 392 g/mol. The van der Waals surface area contributed by atoms with Crippen LogP contribution in [0.25, 0.3) is 5.32 Å². The van der Waals surface area contributed by atoms with Crippen LogP contribution in [-0.4, -0.2) is 43.6 Å². The number of amides is 2. The van der Waals surface area contributed by atoms with Crippen LogP contribution in [0.2, 0.25) is 0 Å². The second-order valence-corrected chi connectivity index (χ2v) is 4.84. The fraction of sp³-hybridized carbons (Fsp3) is 0.429. The van der Waals surface area contributed by atoms with Crippen molar-refractivity contribution in [2.75, 3.05) is 13.1 Å². The molecule has 0 saturated carbocycles. The first-order valence-corrected chi connectivity index (χ1v) is 7.47. The molecule has 1 fully saturated rings. The third-order valence-corrected chi connectivity index (χ3v) is 2.88. The largest absolute Gasteiger partial charge is 2.00 e. The van der Waals surface area contributed by atoms with Crippen molar-refractivity contribution in [1.82, 2.24) is 10.7 Å². The minimum Gasteiger partial charge on any atom is -0.845 e. The van der Waals surface area contributed by atoms with E-state index < -0.39 is 12.1 Å². The maximum Gasteiger partial charge on any atom is 2.00 e. The van der Waals surface area contributed by atoms with Gasteiger partial charge in [-0.3, -0.25) is 0 Å². The zero-order valence-electron chi connectivity index (χ0n) is 13.6. The molecule has 2 rings (SSSR count). The predicted octanol–water partition coefficient (Wildman–Crippen LogP) is -0.745. The molecule has 0 spiro atoms. The van der Waals surface area contributed by atoms with E-state index >= 15 is 0 Å². The fourth-order valence-electron chi connectivity index (χ4n) is 1.83. The minimum absolute atomic E-state index is 0. The number of carbonyl (C=O) groups excluding carboxylic acids is 1. The molecule has 10 nitrogen and oxygen atoms in total. The van der Waals surface area contributed by atoms with Crippen molar-refractivity contribution in [1.29, 1.82) is 0 Å². The van der Waals surface area contributed by atoms with Gasteiger partial charge < -0.3 is 27.2 Å². The number of amidine groups is 1. The molecular formula is C14H22N8NiO2. The average molecular weight is 393 g/mol. The molecule has 1 saturated heterocycles. The summed E-state index contributed by atoms with van der Waals surface area (Å²) >= 11 is 0. The van der Waals surface area contributed by atoms with E-state index in [4.69, 9.17) is 11.5 Å². The van der Waals surface area contributed by atoms with Crippen molar-refractivity contribution in [3.8, 4) is 0 Å². The Hall–Kier alpha value is -2.39. The molecule has 0 aromatic carbocycles. The standard InChI is InChI=1S/C7H13N4O.C7H10N4O.Ni/c2*8-7(12)11-10-5-6-3-1-2-4-9-6;/h5-6H,1-4H2,(H3,8,11,12);1-3,5,9H,4H2,(H3,8,11,12);/q-1;;+2/p-1. The smallest absolute Gasteiger partial charge is 0.845 e. The van der Waals surface area contributed by atoms with Crippen molar-refractivity contribution >= 4 is 24.5 Å². The molecule has 0 radical (unpaired) electrons. The number of nitrogens with zero attached hydrogens (tertiary/aromatic N) is 4. The van der Waals surface area contributed by atoms with Gasteiger partial charge in [-0.1, -0.05) is 37.5 Å². The number of hydrazone groups is 1. The van der Waals surface area contributed by atoms with Gasteiger partial charge in [0.15, 0.2) is 0 Å². The van der Waals surface area contributed by atoms with Crippen molar-refractivity contribution in [2.24, 2.45) is 26.8 Å². The van der Waals surface area contributed by atoms with E-state index in [1.165, 1.54) is 12.6 Å². The summed E-state index contributed by atoms with van der Waals surface area (Å²) in [5.41, 5.74) is 12.5. The number of primary amides is 1. The van der Waals surface area contributed by atoms with Crippen LogP contribution in [-0.2, 0) is 16.5 Å². The number of piperidine rings is 1. The van der Waals surface area contributed by atoms with E-state index in [0.717, 1.165) is 31.6 Å². The topological polar surface area (TPSA) is 167 Å². The molecule has 25 heavy (non-hydrogen) atoms.